The molecule has 0 N–H and O–H groups in total. The molecule has 0 amide bonds. The van der Waals surface area contributed by atoms with Crippen LogP contribution in [0.15, 0.2) is 69.0 Å². The number of hydrogen-bond donors (Lipinski definition) is 0. The average molecular weight is 477 g/mol. The molecule has 0 aliphatic rings. The Morgan fingerprint density at radius 1 is 1.30 bits per heavy atom. The normalized spacial score (nSPS) is 11.1. The molecule has 1 aromatic carbocycles. The van der Waals surface area contributed by atoms with E-state index >= 15 is 0 Å². The lowest BCUT2D eigenvalue weighted by atomic mass is 10.1. The highest BCUT2D eigenvalue weighted by Crippen LogP contribution is 2.32. The maximum Gasteiger partial charge on any atom is 0.263 e. The zero-order valence-corrected chi connectivity index (χ0v) is 18.6. The summed E-state index contributed by atoms with van der Waals surface area (Å²) in [4.78, 5) is 31.0. The van der Waals surface area contributed by atoms with Crippen LogP contribution in [-0.2, 0) is 6.54 Å². The molecular formula is C21H14Cl2N2O3S2. The van der Waals surface area contributed by atoms with Crippen LogP contribution in [0.25, 0.3) is 21.5 Å². The molecule has 0 atom stereocenters. The van der Waals surface area contributed by atoms with E-state index in [1.54, 1.807) is 36.6 Å². The minimum Gasteiger partial charge on any atom is -0.464 e. The van der Waals surface area contributed by atoms with Crippen molar-refractivity contribution >= 4 is 62.3 Å². The summed E-state index contributed by atoms with van der Waals surface area (Å²) in [6, 6.07) is 8.32. The van der Waals surface area contributed by atoms with E-state index < -0.39 is 0 Å². The lowest BCUT2D eigenvalue weighted by Crippen LogP contribution is -2.23. The fourth-order valence-corrected chi connectivity index (χ4v) is 5.07. The number of allylic oxidation sites excluding steroid dienone is 1. The molecular weight excluding hydrogens is 463 g/mol. The molecule has 3 heterocycles. The molecule has 0 radical (unpaired) electrons. The van der Waals surface area contributed by atoms with Crippen LogP contribution in [0.4, 0.5) is 0 Å². The molecule has 4 aromatic rings. The number of thioether (sulfide) groups is 1. The zero-order valence-electron chi connectivity index (χ0n) is 15.4. The molecule has 0 saturated carbocycles. The van der Waals surface area contributed by atoms with Crippen LogP contribution in [-0.4, -0.2) is 21.1 Å². The van der Waals surface area contributed by atoms with Crippen LogP contribution >= 0.6 is 46.3 Å². The monoisotopic (exact) mass is 476 g/mol. The fourth-order valence-electron chi connectivity index (χ4n) is 2.90. The third-order valence-corrected chi connectivity index (χ3v) is 6.92. The number of benzene rings is 1. The van der Waals surface area contributed by atoms with Gasteiger partial charge in [0.1, 0.15) is 10.6 Å². The van der Waals surface area contributed by atoms with E-state index in [1.807, 2.05) is 5.38 Å². The Labute approximate surface area is 189 Å². The molecule has 0 unspecified atom stereocenters. The summed E-state index contributed by atoms with van der Waals surface area (Å²) >= 11 is 14.5. The van der Waals surface area contributed by atoms with Gasteiger partial charge in [0.15, 0.2) is 10.9 Å². The van der Waals surface area contributed by atoms with Crippen LogP contribution < -0.4 is 5.56 Å². The highest BCUT2D eigenvalue weighted by Gasteiger charge is 2.19. The van der Waals surface area contributed by atoms with E-state index in [-0.39, 0.29) is 23.6 Å². The van der Waals surface area contributed by atoms with Crippen molar-refractivity contribution < 1.29 is 9.21 Å². The van der Waals surface area contributed by atoms with E-state index in [0.29, 0.717) is 42.3 Å². The second kappa shape index (κ2) is 8.81. The number of carbonyl (C=O) groups excluding carboxylic acids is 1. The highest BCUT2D eigenvalue weighted by atomic mass is 35.5. The van der Waals surface area contributed by atoms with Gasteiger partial charge in [-0.15, -0.1) is 17.9 Å². The van der Waals surface area contributed by atoms with Gasteiger partial charge in [0.25, 0.3) is 5.56 Å². The first-order chi connectivity index (χ1) is 14.5. The van der Waals surface area contributed by atoms with Gasteiger partial charge in [-0.1, -0.05) is 41.0 Å². The Kier molecular flexibility index (Phi) is 6.15. The van der Waals surface area contributed by atoms with Crippen LogP contribution in [0.5, 0.6) is 0 Å². The van der Waals surface area contributed by atoms with Crippen molar-refractivity contribution in [1.82, 2.24) is 9.55 Å². The van der Waals surface area contributed by atoms with E-state index in [1.165, 1.54) is 33.7 Å². The van der Waals surface area contributed by atoms with E-state index in [2.05, 4.69) is 11.6 Å². The van der Waals surface area contributed by atoms with Gasteiger partial charge in [0, 0.05) is 23.1 Å². The van der Waals surface area contributed by atoms with Crippen molar-refractivity contribution in [2.24, 2.45) is 0 Å². The largest absolute Gasteiger partial charge is 0.464 e. The number of halogens is 2. The zero-order chi connectivity index (χ0) is 21.3. The van der Waals surface area contributed by atoms with Crippen molar-refractivity contribution in [3.8, 4) is 11.3 Å². The van der Waals surface area contributed by atoms with Crippen LogP contribution in [0.2, 0.25) is 10.0 Å². The van der Waals surface area contributed by atoms with Gasteiger partial charge in [0.05, 0.1) is 27.4 Å². The Bertz CT molecular complexity index is 1310. The topological polar surface area (TPSA) is 65.1 Å². The summed E-state index contributed by atoms with van der Waals surface area (Å²) in [6.07, 6.45) is 3.19. The Balaban J connectivity index is 1.69. The van der Waals surface area contributed by atoms with E-state index in [0.717, 1.165) is 0 Å². The van der Waals surface area contributed by atoms with Crippen LogP contribution in [0, 0.1) is 0 Å². The second-order valence-corrected chi connectivity index (χ2v) is 8.86. The first kappa shape index (κ1) is 20.9. The summed E-state index contributed by atoms with van der Waals surface area (Å²) in [6.45, 7) is 4.01. The number of furan rings is 1. The lowest BCUT2D eigenvalue weighted by molar-refractivity contribution is 0.102. The average Bonchev–Trinajstić information content (AvgIpc) is 3.40. The minimum absolute atomic E-state index is 0.101. The Hall–Kier alpha value is -2.32. The SMILES string of the molecule is C=CCn1c(SCC(=O)c2ccc(Cl)c(Cl)c2)nc2scc(-c3ccco3)c2c1=O. The van der Waals surface area contributed by atoms with Gasteiger partial charge < -0.3 is 4.42 Å². The minimum atomic E-state index is -0.197. The molecule has 0 aliphatic heterocycles. The first-order valence-corrected chi connectivity index (χ1v) is 11.4. The van der Waals surface area contributed by atoms with E-state index in [9.17, 15) is 9.59 Å². The van der Waals surface area contributed by atoms with Crippen molar-refractivity contribution in [2.75, 3.05) is 5.75 Å². The third kappa shape index (κ3) is 3.98. The number of fused-ring (bicyclic) bond motifs is 1. The fraction of sp³-hybridized carbons (Fsp3) is 0.0952. The lowest BCUT2D eigenvalue weighted by Gasteiger charge is -2.10. The van der Waals surface area contributed by atoms with E-state index in [4.69, 9.17) is 27.6 Å². The summed E-state index contributed by atoms with van der Waals surface area (Å²) in [5.74, 6) is 0.574. The summed E-state index contributed by atoms with van der Waals surface area (Å²) in [7, 11) is 0. The van der Waals surface area contributed by atoms with Gasteiger partial charge in [-0.25, -0.2) is 4.98 Å². The quantitative estimate of drug-likeness (QED) is 0.138. The predicted molar refractivity (Wildman–Crippen MR) is 123 cm³/mol. The third-order valence-electron chi connectivity index (χ3n) is 4.33. The highest BCUT2D eigenvalue weighted by molar-refractivity contribution is 7.99. The first-order valence-electron chi connectivity index (χ1n) is 8.77. The van der Waals surface area contributed by atoms with Crippen LogP contribution in [0.1, 0.15) is 10.4 Å². The van der Waals surface area contributed by atoms with Crippen molar-refractivity contribution in [1.29, 1.82) is 0 Å². The number of ketones is 1. The smallest absolute Gasteiger partial charge is 0.263 e. The predicted octanol–water partition coefficient (Wildman–Crippen LogP) is 6.19. The summed E-state index contributed by atoms with van der Waals surface area (Å²) in [5.41, 5.74) is 0.961. The molecule has 3 aromatic heterocycles. The summed E-state index contributed by atoms with van der Waals surface area (Å²) < 4.78 is 6.97. The molecule has 0 spiro atoms. The standard InChI is InChI=1S/C21H14Cl2N2O3S2/c1-2-7-25-20(27)18-13(17-4-3-8-28-17)10-29-19(18)24-21(25)30-11-16(26)12-5-6-14(22)15(23)9-12/h2-6,8-10H,1,7,11H2. The number of nitrogens with zero attached hydrogens (tertiary/aromatic N) is 2. The summed E-state index contributed by atoms with van der Waals surface area (Å²) in [5, 5.41) is 3.51. The molecule has 0 bridgehead atoms. The molecule has 9 heteroatoms. The Morgan fingerprint density at radius 2 is 2.13 bits per heavy atom. The molecule has 152 valence electrons. The van der Waals surface area contributed by atoms with Gasteiger partial charge in [0.2, 0.25) is 0 Å². The molecule has 30 heavy (non-hydrogen) atoms. The number of aromatic nitrogens is 2. The number of Topliss-reactive ketones (excluding diaryl/α,β-unsaturated/α-hetero) is 1. The van der Waals surface area contributed by atoms with Crippen molar-refractivity contribution in [2.45, 2.75) is 11.7 Å². The number of rotatable bonds is 7. The maximum absolute atomic E-state index is 13.2. The maximum atomic E-state index is 13.2. The number of thiophene rings is 1. The second-order valence-electron chi connectivity index (χ2n) is 6.25. The van der Waals surface area contributed by atoms with Crippen LogP contribution in [0.3, 0.4) is 0 Å². The molecule has 0 fully saturated rings. The van der Waals surface area contributed by atoms with Crippen molar-refractivity contribution in [3.05, 3.63) is 80.6 Å². The van der Waals surface area contributed by atoms with Gasteiger partial charge in [-0.3, -0.25) is 14.2 Å². The molecule has 5 nitrogen and oxygen atoms in total. The molecule has 4 rings (SSSR count). The van der Waals surface area contributed by atoms with Gasteiger partial charge in [-0.05, 0) is 30.3 Å². The molecule has 0 saturated heterocycles. The van der Waals surface area contributed by atoms with Crippen molar-refractivity contribution in [3.63, 3.8) is 0 Å². The van der Waals surface area contributed by atoms with Gasteiger partial charge >= 0.3 is 0 Å². The number of carbonyl (C=O) groups is 1. The van der Waals surface area contributed by atoms with Gasteiger partial charge in [-0.2, -0.15) is 0 Å². The number of hydrogen-bond acceptors (Lipinski definition) is 6. The Morgan fingerprint density at radius 3 is 2.83 bits per heavy atom. The molecule has 0 aliphatic carbocycles.